The van der Waals surface area contributed by atoms with E-state index in [2.05, 4.69) is 20.6 Å². The third-order valence-corrected chi connectivity index (χ3v) is 5.97. The van der Waals surface area contributed by atoms with Crippen LogP contribution in [0.1, 0.15) is 41.9 Å². The predicted octanol–water partition coefficient (Wildman–Crippen LogP) is 3.97. The number of benzene rings is 1. The van der Waals surface area contributed by atoms with E-state index in [0.29, 0.717) is 5.92 Å². The van der Waals surface area contributed by atoms with Crippen LogP contribution in [0.25, 0.3) is 0 Å². The molecule has 0 radical (unpaired) electrons. The van der Waals surface area contributed by atoms with Crippen LogP contribution in [0, 0.1) is 13.8 Å². The second kappa shape index (κ2) is 7.45. The van der Waals surface area contributed by atoms with Gasteiger partial charge in [0.1, 0.15) is 0 Å². The fraction of sp³-hybridized carbons (Fsp3) is 0.474. The summed E-state index contributed by atoms with van der Waals surface area (Å²) in [6.45, 7) is 7.97. The molecule has 1 unspecified atom stereocenters. The molecule has 0 spiro atoms. The summed E-state index contributed by atoms with van der Waals surface area (Å²) >= 11 is 1.77. The smallest absolute Gasteiger partial charge is 0.241 e. The van der Waals surface area contributed by atoms with Crippen LogP contribution in [-0.4, -0.2) is 34.9 Å². The van der Waals surface area contributed by atoms with Gasteiger partial charge in [-0.05, 0) is 58.3 Å². The van der Waals surface area contributed by atoms with Crippen molar-refractivity contribution in [3.05, 3.63) is 45.9 Å². The van der Waals surface area contributed by atoms with Gasteiger partial charge in [0.05, 0.1) is 11.0 Å². The first-order valence-electron chi connectivity index (χ1n) is 8.57. The Morgan fingerprint density at radius 2 is 2.00 bits per heavy atom. The number of anilines is 1. The maximum Gasteiger partial charge on any atom is 0.241 e. The number of rotatable bonds is 4. The Balaban J connectivity index is 1.55. The predicted molar refractivity (Wildman–Crippen MR) is 99.7 cm³/mol. The Morgan fingerprint density at radius 1 is 1.29 bits per heavy atom. The molecular weight excluding hydrogens is 318 g/mol. The molecule has 1 aliphatic rings. The molecule has 1 N–H and O–H groups in total. The summed E-state index contributed by atoms with van der Waals surface area (Å²) < 4.78 is 0. The molecule has 128 valence electrons. The number of amides is 1. The zero-order chi connectivity index (χ0) is 17.1. The molecule has 2 aromatic rings. The molecular formula is C19H25N3OS. The van der Waals surface area contributed by atoms with E-state index >= 15 is 0 Å². The van der Waals surface area contributed by atoms with E-state index in [-0.39, 0.29) is 11.9 Å². The summed E-state index contributed by atoms with van der Waals surface area (Å²) in [7, 11) is 0. The van der Waals surface area contributed by atoms with Crippen molar-refractivity contribution in [3.8, 4) is 0 Å². The van der Waals surface area contributed by atoms with Crippen LogP contribution in [0.4, 0.5) is 5.69 Å². The number of aryl methyl sites for hydroxylation is 2. The molecule has 0 bridgehead atoms. The van der Waals surface area contributed by atoms with Crippen molar-refractivity contribution in [1.29, 1.82) is 0 Å². The lowest BCUT2D eigenvalue weighted by Crippen LogP contribution is -2.45. The van der Waals surface area contributed by atoms with E-state index in [1.807, 2.05) is 45.0 Å². The van der Waals surface area contributed by atoms with Crippen molar-refractivity contribution < 1.29 is 4.79 Å². The number of para-hydroxylation sites is 1. The first-order valence-corrected chi connectivity index (χ1v) is 9.45. The van der Waals surface area contributed by atoms with Gasteiger partial charge < -0.3 is 5.32 Å². The average molecular weight is 343 g/mol. The molecule has 1 amide bonds. The van der Waals surface area contributed by atoms with Crippen molar-refractivity contribution in [3.63, 3.8) is 0 Å². The molecule has 1 aromatic heterocycles. The number of nitrogens with one attached hydrogen (secondary N) is 1. The van der Waals surface area contributed by atoms with Crippen molar-refractivity contribution in [2.24, 2.45) is 0 Å². The number of carbonyl (C=O) groups is 1. The fourth-order valence-corrected chi connectivity index (χ4v) is 4.18. The molecule has 2 heterocycles. The highest BCUT2D eigenvalue weighted by atomic mass is 32.1. The van der Waals surface area contributed by atoms with Gasteiger partial charge in [-0.2, -0.15) is 0 Å². The summed E-state index contributed by atoms with van der Waals surface area (Å²) in [4.78, 5) is 19.5. The van der Waals surface area contributed by atoms with Crippen molar-refractivity contribution in [2.75, 3.05) is 18.4 Å². The topological polar surface area (TPSA) is 45.2 Å². The first kappa shape index (κ1) is 17.1. The Labute approximate surface area is 147 Å². The normalized spacial score (nSPS) is 17.6. The van der Waals surface area contributed by atoms with Crippen LogP contribution < -0.4 is 5.32 Å². The minimum Gasteiger partial charge on any atom is -0.324 e. The summed E-state index contributed by atoms with van der Waals surface area (Å²) in [5, 5.41) is 6.44. The lowest BCUT2D eigenvalue weighted by atomic mass is 9.96. The van der Waals surface area contributed by atoms with Gasteiger partial charge in [-0.25, -0.2) is 4.98 Å². The number of aromatic nitrogens is 1. The number of thiazole rings is 1. The largest absolute Gasteiger partial charge is 0.324 e. The van der Waals surface area contributed by atoms with Crippen molar-refractivity contribution in [1.82, 2.24) is 9.88 Å². The molecule has 0 aliphatic carbocycles. The summed E-state index contributed by atoms with van der Waals surface area (Å²) in [6, 6.07) is 7.80. The number of piperidine rings is 1. The SMILES string of the molecule is Cc1csc(C2CCN(C(C)C(=O)Nc3ccccc3C)CC2)n1. The van der Waals surface area contributed by atoms with Gasteiger partial charge in [0.2, 0.25) is 5.91 Å². The van der Waals surface area contributed by atoms with Crippen molar-refractivity contribution >= 4 is 22.9 Å². The quantitative estimate of drug-likeness (QED) is 0.914. The molecule has 1 saturated heterocycles. The number of nitrogens with zero attached hydrogens (tertiary/aromatic N) is 2. The van der Waals surface area contributed by atoms with E-state index in [9.17, 15) is 4.79 Å². The second-order valence-corrected chi connectivity index (χ2v) is 7.51. The molecule has 5 heteroatoms. The molecule has 1 aliphatic heterocycles. The van der Waals surface area contributed by atoms with E-state index in [0.717, 1.165) is 42.9 Å². The zero-order valence-electron chi connectivity index (χ0n) is 14.6. The van der Waals surface area contributed by atoms with Gasteiger partial charge in [-0.15, -0.1) is 11.3 Å². The third-order valence-electron chi connectivity index (χ3n) is 4.85. The van der Waals surface area contributed by atoms with Gasteiger partial charge in [0.15, 0.2) is 0 Å². The van der Waals surface area contributed by atoms with Crippen molar-refractivity contribution in [2.45, 2.75) is 45.6 Å². The van der Waals surface area contributed by atoms with E-state index < -0.39 is 0 Å². The highest BCUT2D eigenvalue weighted by Crippen LogP contribution is 2.31. The summed E-state index contributed by atoms with van der Waals surface area (Å²) in [5.74, 6) is 0.624. The lowest BCUT2D eigenvalue weighted by molar-refractivity contribution is -0.121. The molecule has 24 heavy (non-hydrogen) atoms. The van der Waals surface area contributed by atoms with E-state index in [1.54, 1.807) is 11.3 Å². The summed E-state index contributed by atoms with van der Waals surface area (Å²) in [5.41, 5.74) is 3.11. The average Bonchev–Trinajstić information content (AvgIpc) is 3.03. The van der Waals surface area contributed by atoms with Crippen LogP contribution in [0.15, 0.2) is 29.6 Å². The minimum absolute atomic E-state index is 0.0767. The minimum atomic E-state index is -0.108. The molecule has 1 atom stereocenters. The number of likely N-dealkylation sites (tertiary alicyclic amines) is 1. The highest BCUT2D eigenvalue weighted by Gasteiger charge is 2.28. The van der Waals surface area contributed by atoms with Crippen LogP contribution in [0.5, 0.6) is 0 Å². The summed E-state index contributed by atoms with van der Waals surface area (Å²) in [6.07, 6.45) is 2.16. The first-order chi connectivity index (χ1) is 11.5. The van der Waals surface area contributed by atoms with Crippen LogP contribution in [0.3, 0.4) is 0 Å². The lowest BCUT2D eigenvalue weighted by Gasteiger charge is -2.34. The molecule has 3 rings (SSSR count). The van der Waals surface area contributed by atoms with Crippen LogP contribution >= 0.6 is 11.3 Å². The Hall–Kier alpha value is -1.72. The second-order valence-electron chi connectivity index (χ2n) is 6.62. The van der Waals surface area contributed by atoms with Gasteiger partial charge in [-0.3, -0.25) is 9.69 Å². The zero-order valence-corrected chi connectivity index (χ0v) is 15.4. The number of hydrogen-bond acceptors (Lipinski definition) is 4. The Morgan fingerprint density at radius 3 is 2.62 bits per heavy atom. The molecule has 1 fully saturated rings. The monoisotopic (exact) mass is 343 g/mol. The number of hydrogen-bond donors (Lipinski definition) is 1. The van der Waals surface area contributed by atoms with Crippen LogP contribution in [-0.2, 0) is 4.79 Å². The Bertz CT molecular complexity index is 704. The van der Waals surface area contributed by atoms with Gasteiger partial charge >= 0.3 is 0 Å². The van der Waals surface area contributed by atoms with E-state index in [4.69, 9.17) is 0 Å². The Kier molecular flexibility index (Phi) is 5.31. The third kappa shape index (κ3) is 3.84. The van der Waals surface area contributed by atoms with E-state index in [1.165, 1.54) is 5.01 Å². The molecule has 0 saturated carbocycles. The standard InChI is InChI=1S/C19H25N3OS/c1-13-6-4-5-7-17(13)21-18(23)15(3)22-10-8-16(9-11-22)19-20-14(2)12-24-19/h4-7,12,15-16H,8-11H2,1-3H3,(H,21,23). The fourth-order valence-electron chi connectivity index (χ4n) is 3.21. The highest BCUT2D eigenvalue weighted by molar-refractivity contribution is 7.09. The van der Waals surface area contributed by atoms with Gasteiger partial charge in [0, 0.05) is 22.7 Å². The molecule has 1 aromatic carbocycles. The molecule has 4 nitrogen and oxygen atoms in total. The van der Waals surface area contributed by atoms with Crippen LogP contribution in [0.2, 0.25) is 0 Å². The maximum atomic E-state index is 12.6. The maximum absolute atomic E-state index is 12.6. The van der Waals surface area contributed by atoms with Gasteiger partial charge in [-0.1, -0.05) is 18.2 Å². The number of carbonyl (C=O) groups excluding carboxylic acids is 1. The van der Waals surface area contributed by atoms with Gasteiger partial charge in [0.25, 0.3) is 0 Å².